The van der Waals surface area contributed by atoms with Gasteiger partial charge in [-0.25, -0.2) is 0 Å². The van der Waals surface area contributed by atoms with Gasteiger partial charge in [0.05, 0.1) is 6.04 Å². The van der Waals surface area contributed by atoms with Crippen molar-refractivity contribution in [1.82, 2.24) is 5.32 Å². The first-order chi connectivity index (χ1) is 11.1. The van der Waals surface area contributed by atoms with Gasteiger partial charge in [0.1, 0.15) is 12.4 Å². The minimum absolute atomic E-state index is 0.0137. The van der Waals surface area contributed by atoms with E-state index in [1.807, 2.05) is 0 Å². The second-order valence-corrected chi connectivity index (χ2v) is 5.47. The smallest absolute Gasteiger partial charge is 0.251 e. The van der Waals surface area contributed by atoms with E-state index < -0.39 is 0 Å². The van der Waals surface area contributed by atoms with Crippen molar-refractivity contribution < 1.29 is 9.53 Å². The molecule has 0 saturated heterocycles. The highest BCUT2D eigenvalue weighted by atomic mass is 16.5. The molecule has 2 rings (SSSR count). The number of carbonyl (C=O) groups is 1. The SMILES string of the molecule is C=CCOc1ccc(C(=O)N[C@H](CC)c2ccc(C)cc2)cc1. The van der Waals surface area contributed by atoms with E-state index in [0.29, 0.717) is 12.2 Å². The van der Waals surface area contributed by atoms with Gasteiger partial charge in [-0.3, -0.25) is 4.79 Å². The van der Waals surface area contributed by atoms with E-state index in [0.717, 1.165) is 17.7 Å². The quantitative estimate of drug-likeness (QED) is 0.768. The molecule has 1 amide bonds. The largest absolute Gasteiger partial charge is 0.490 e. The predicted molar refractivity (Wildman–Crippen MR) is 93.8 cm³/mol. The van der Waals surface area contributed by atoms with Gasteiger partial charge in [-0.15, -0.1) is 0 Å². The molecule has 2 aromatic carbocycles. The van der Waals surface area contributed by atoms with Crippen LogP contribution in [0.1, 0.15) is 40.9 Å². The second kappa shape index (κ2) is 8.18. The predicted octanol–water partition coefficient (Wildman–Crippen LogP) is 4.44. The zero-order chi connectivity index (χ0) is 16.7. The van der Waals surface area contributed by atoms with E-state index in [2.05, 4.69) is 50.0 Å². The number of aryl methyl sites for hydroxylation is 1. The van der Waals surface area contributed by atoms with Crippen molar-refractivity contribution in [2.75, 3.05) is 6.61 Å². The fourth-order valence-electron chi connectivity index (χ4n) is 2.32. The summed E-state index contributed by atoms with van der Waals surface area (Å²) in [5.74, 6) is 0.653. The third-order valence-corrected chi connectivity index (χ3v) is 3.68. The number of hydrogen-bond acceptors (Lipinski definition) is 2. The first kappa shape index (κ1) is 16.8. The van der Waals surface area contributed by atoms with E-state index in [-0.39, 0.29) is 11.9 Å². The van der Waals surface area contributed by atoms with Crippen molar-refractivity contribution in [2.45, 2.75) is 26.3 Å². The van der Waals surface area contributed by atoms with E-state index in [4.69, 9.17) is 4.74 Å². The van der Waals surface area contributed by atoms with Crippen molar-refractivity contribution in [3.63, 3.8) is 0 Å². The maximum absolute atomic E-state index is 12.4. The number of nitrogens with one attached hydrogen (secondary N) is 1. The van der Waals surface area contributed by atoms with E-state index in [9.17, 15) is 4.79 Å². The van der Waals surface area contributed by atoms with E-state index in [1.54, 1.807) is 30.3 Å². The Morgan fingerprint density at radius 1 is 1.17 bits per heavy atom. The van der Waals surface area contributed by atoms with Crippen LogP contribution < -0.4 is 10.1 Å². The van der Waals surface area contributed by atoms with Crippen molar-refractivity contribution in [3.05, 3.63) is 77.9 Å². The fraction of sp³-hybridized carbons (Fsp3) is 0.250. The first-order valence-corrected chi connectivity index (χ1v) is 7.85. The Kier molecular flexibility index (Phi) is 5.98. The second-order valence-electron chi connectivity index (χ2n) is 5.47. The first-order valence-electron chi connectivity index (χ1n) is 7.85. The monoisotopic (exact) mass is 309 g/mol. The molecule has 23 heavy (non-hydrogen) atoms. The Hall–Kier alpha value is -2.55. The molecule has 0 aliphatic heterocycles. The molecule has 0 heterocycles. The standard InChI is InChI=1S/C20H23NO2/c1-4-14-23-18-12-10-17(11-13-18)20(22)21-19(5-2)16-8-6-15(3)7-9-16/h4,6-13,19H,1,5,14H2,2-3H3,(H,21,22)/t19-/m1/s1. The molecule has 2 aromatic rings. The van der Waals surface area contributed by atoms with Crippen LogP contribution in [-0.2, 0) is 0 Å². The van der Waals surface area contributed by atoms with Gasteiger partial charge in [0.15, 0.2) is 0 Å². The third-order valence-electron chi connectivity index (χ3n) is 3.68. The lowest BCUT2D eigenvalue weighted by atomic mass is 10.0. The summed E-state index contributed by atoms with van der Waals surface area (Å²) >= 11 is 0. The Bertz CT molecular complexity index is 644. The van der Waals surface area contributed by atoms with Crippen LogP contribution in [0.25, 0.3) is 0 Å². The van der Waals surface area contributed by atoms with Crippen LogP contribution in [0.5, 0.6) is 5.75 Å². The molecule has 3 heteroatoms. The van der Waals surface area contributed by atoms with E-state index >= 15 is 0 Å². The molecule has 0 radical (unpaired) electrons. The average molecular weight is 309 g/mol. The molecule has 0 spiro atoms. The number of hydrogen-bond donors (Lipinski definition) is 1. The summed E-state index contributed by atoms with van der Waals surface area (Å²) in [6.07, 6.45) is 2.53. The minimum Gasteiger partial charge on any atom is -0.490 e. The highest BCUT2D eigenvalue weighted by Crippen LogP contribution is 2.19. The fourth-order valence-corrected chi connectivity index (χ4v) is 2.32. The zero-order valence-corrected chi connectivity index (χ0v) is 13.7. The van der Waals surface area contributed by atoms with E-state index in [1.165, 1.54) is 5.56 Å². The van der Waals surface area contributed by atoms with Crippen LogP contribution in [0.15, 0.2) is 61.2 Å². The molecule has 1 N–H and O–H groups in total. The Morgan fingerprint density at radius 2 is 1.83 bits per heavy atom. The lowest BCUT2D eigenvalue weighted by molar-refractivity contribution is 0.0935. The van der Waals surface area contributed by atoms with Crippen LogP contribution in [-0.4, -0.2) is 12.5 Å². The Labute approximate surface area is 138 Å². The molecule has 0 unspecified atom stereocenters. The van der Waals surface area contributed by atoms with Gasteiger partial charge < -0.3 is 10.1 Å². The molecule has 0 fully saturated rings. The highest BCUT2D eigenvalue weighted by Gasteiger charge is 2.14. The summed E-state index contributed by atoms with van der Waals surface area (Å²) in [4.78, 5) is 12.4. The van der Waals surface area contributed by atoms with Gasteiger partial charge >= 0.3 is 0 Å². The molecule has 3 nitrogen and oxygen atoms in total. The van der Waals surface area contributed by atoms with Crippen molar-refractivity contribution in [1.29, 1.82) is 0 Å². The molecule has 0 aliphatic rings. The van der Waals surface area contributed by atoms with Crippen LogP contribution >= 0.6 is 0 Å². The zero-order valence-electron chi connectivity index (χ0n) is 13.7. The minimum atomic E-state index is -0.0762. The topological polar surface area (TPSA) is 38.3 Å². The van der Waals surface area contributed by atoms with Crippen molar-refractivity contribution in [3.8, 4) is 5.75 Å². The van der Waals surface area contributed by atoms with Crippen molar-refractivity contribution in [2.24, 2.45) is 0 Å². The molecule has 0 bridgehead atoms. The lowest BCUT2D eigenvalue weighted by Gasteiger charge is -2.18. The molecule has 0 aliphatic carbocycles. The highest BCUT2D eigenvalue weighted by molar-refractivity contribution is 5.94. The van der Waals surface area contributed by atoms with Crippen molar-refractivity contribution >= 4 is 5.91 Å². The summed E-state index contributed by atoms with van der Waals surface area (Å²) in [5, 5.41) is 3.09. The van der Waals surface area contributed by atoms with Gasteiger partial charge in [0, 0.05) is 5.56 Å². The molecule has 1 atom stereocenters. The van der Waals surface area contributed by atoms with Gasteiger partial charge in [-0.2, -0.15) is 0 Å². The molecular weight excluding hydrogens is 286 g/mol. The summed E-state index contributed by atoms with van der Waals surface area (Å²) in [6, 6.07) is 15.4. The van der Waals surface area contributed by atoms with Crippen LogP contribution in [0.3, 0.4) is 0 Å². The van der Waals surface area contributed by atoms with Gasteiger partial charge in [-0.1, -0.05) is 49.4 Å². The maximum atomic E-state index is 12.4. The normalized spacial score (nSPS) is 11.6. The Balaban J connectivity index is 2.04. The third kappa shape index (κ3) is 4.71. The van der Waals surface area contributed by atoms with Gasteiger partial charge in [0.2, 0.25) is 0 Å². The summed E-state index contributed by atoms with van der Waals surface area (Å²) < 4.78 is 5.42. The molecule has 0 saturated carbocycles. The van der Waals surface area contributed by atoms with Gasteiger partial charge in [-0.05, 0) is 43.2 Å². The number of carbonyl (C=O) groups excluding carboxylic acids is 1. The molecule has 120 valence electrons. The lowest BCUT2D eigenvalue weighted by Crippen LogP contribution is -2.28. The number of amides is 1. The summed E-state index contributed by atoms with van der Waals surface area (Å²) in [5.41, 5.74) is 2.96. The Morgan fingerprint density at radius 3 is 2.39 bits per heavy atom. The summed E-state index contributed by atoms with van der Waals surface area (Å²) in [7, 11) is 0. The molecule has 0 aromatic heterocycles. The maximum Gasteiger partial charge on any atom is 0.251 e. The van der Waals surface area contributed by atoms with Crippen LogP contribution in [0.2, 0.25) is 0 Å². The number of benzene rings is 2. The number of ether oxygens (including phenoxy) is 1. The number of rotatable bonds is 7. The molecular formula is C20H23NO2. The van der Waals surface area contributed by atoms with Crippen LogP contribution in [0, 0.1) is 6.92 Å². The van der Waals surface area contributed by atoms with Gasteiger partial charge in [0.25, 0.3) is 5.91 Å². The summed E-state index contributed by atoms with van der Waals surface area (Å²) in [6.45, 7) is 8.19. The average Bonchev–Trinajstić information content (AvgIpc) is 2.59. The van der Waals surface area contributed by atoms with Crippen LogP contribution in [0.4, 0.5) is 0 Å².